The van der Waals surface area contributed by atoms with Crippen molar-refractivity contribution in [2.45, 2.75) is 4.90 Å². The van der Waals surface area contributed by atoms with Gasteiger partial charge in [-0.3, -0.25) is 10.1 Å². The molecule has 6 nitrogen and oxygen atoms in total. The van der Waals surface area contributed by atoms with E-state index >= 15 is 0 Å². The number of halogens is 2. The molecule has 0 unspecified atom stereocenters. The Balaban J connectivity index is 3.28. The number of nitro groups is 1. The van der Waals surface area contributed by atoms with E-state index in [4.69, 9.17) is 11.6 Å². The van der Waals surface area contributed by atoms with Crippen LogP contribution in [-0.2, 0) is 10.0 Å². The number of nitrogens with zero attached hydrogens (tertiary/aromatic N) is 1. The fraction of sp³-hybridized carbons (Fsp3) is 0.111. The minimum Gasteiger partial charge on any atom is -0.258 e. The van der Waals surface area contributed by atoms with Crippen LogP contribution < -0.4 is 4.72 Å². The fourth-order valence-corrected chi connectivity index (χ4v) is 2.49. The van der Waals surface area contributed by atoms with Crippen LogP contribution >= 0.6 is 11.6 Å². The molecule has 0 spiro atoms. The molecule has 0 bridgehead atoms. The zero-order valence-corrected chi connectivity index (χ0v) is 10.5. The molecule has 18 heavy (non-hydrogen) atoms. The van der Waals surface area contributed by atoms with Crippen LogP contribution in [0.5, 0.6) is 0 Å². The first-order valence-corrected chi connectivity index (χ1v) is 6.37. The number of nitrogens with one attached hydrogen (secondary N) is 1. The van der Waals surface area contributed by atoms with Crippen LogP contribution in [0.15, 0.2) is 34.7 Å². The van der Waals surface area contributed by atoms with E-state index in [1.165, 1.54) is 0 Å². The lowest BCUT2D eigenvalue weighted by Gasteiger charge is -2.06. The minimum absolute atomic E-state index is 0.00219. The maximum atomic E-state index is 13.3. The highest BCUT2D eigenvalue weighted by Gasteiger charge is 2.29. The van der Waals surface area contributed by atoms with Gasteiger partial charge in [-0.15, -0.1) is 0 Å². The van der Waals surface area contributed by atoms with Crippen molar-refractivity contribution in [1.82, 2.24) is 4.72 Å². The van der Waals surface area contributed by atoms with Crippen LogP contribution in [0.3, 0.4) is 0 Å². The van der Waals surface area contributed by atoms with Crippen molar-refractivity contribution in [2.75, 3.05) is 6.54 Å². The summed E-state index contributed by atoms with van der Waals surface area (Å²) in [6.45, 7) is 2.95. The topological polar surface area (TPSA) is 89.3 Å². The SMILES string of the molecule is C=C(Cl)CNS(=O)(=O)c1cccc(F)c1[N+](=O)[O-]. The Morgan fingerprint density at radius 2 is 2.17 bits per heavy atom. The standard InChI is InChI=1S/C9H8ClFN2O4S/c1-6(10)5-12-18(16,17)8-4-2-3-7(11)9(8)13(14)15/h2-4,12H,1,5H2. The quantitative estimate of drug-likeness (QED) is 0.662. The van der Waals surface area contributed by atoms with Gasteiger partial charge in [-0.2, -0.15) is 4.39 Å². The maximum Gasteiger partial charge on any atom is 0.324 e. The molecule has 1 N–H and O–H groups in total. The predicted octanol–water partition coefficient (Wildman–Crippen LogP) is 1.76. The number of hydrogen-bond donors (Lipinski definition) is 1. The molecule has 0 aliphatic carbocycles. The van der Waals surface area contributed by atoms with E-state index in [-0.39, 0.29) is 11.6 Å². The molecule has 9 heteroatoms. The summed E-state index contributed by atoms with van der Waals surface area (Å²) >= 11 is 5.38. The number of hydrogen-bond acceptors (Lipinski definition) is 4. The zero-order valence-electron chi connectivity index (χ0n) is 8.89. The first kappa shape index (κ1) is 14.6. The molecule has 0 saturated carbocycles. The van der Waals surface area contributed by atoms with Crippen molar-refractivity contribution in [3.8, 4) is 0 Å². The first-order chi connectivity index (χ1) is 8.25. The molecule has 0 aliphatic rings. The van der Waals surface area contributed by atoms with Gasteiger partial charge in [-0.25, -0.2) is 13.1 Å². The summed E-state index contributed by atoms with van der Waals surface area (Å²) in [5, 5.41) is 10.7. The van der Waals surface area contributed by atoms with E-state index in [0.717, 1.165) is 18.2 Å². The third-order valence-corrected chi connectivity index (χ3v) is 3.44. The molecule has 0 amide bonds. The second-order valence-corrected chi connectivity index (χ2v) is 5.46. The van der Waals surface area contributed by atoms with E-state index in [1.54, 1.807) is 0 Å². The van der Waals surface area contributed by atoms with Gasteiger partial charge in [-0.1, -0.05) is 24.2 Å². The van der Waals surface area contributed by atoms with Crippen LogP contribution in [-0.4, -0.2) is 19.9 Å². The summed E-state index contributed by atoms with van der Waals surface area (Å²) in [6, 6.07) is 2.80. The van der Waals surface area contributed by atoms with Gasteiger partial charge >= 0.3 is 5.69 Å². The Labute approximate surface area is 107 Å². The van der Waals surface area contributed by atoms with E-state index < -0.39 is 31.3 Å². The summed E-state index contributed by atoms with van der Waals surface area (Å²) in [4.78, 5) is 8.80. The van der Waals surface area contributed by atoms with Gasteiger partial charge in [0.05, 0.1) is 4.92 Å². The van der Waals surface area contributed by atoms with Gasteiger partial charge in [0.2, 0.25) is 15.8 Å². The van der Waals surface area contributed by atoms with E-state index in [9.17, 15) is 22.9 Å². The molecule has 98 valence electrons. The van der Waals surface area contributed by atoms with Crippen molar-refractivity contribution in [1.29, 1.82) is 0 Å². The number of rotatable bonds is 5. The number of benzene rings is 1. The van der Waals surface area contributed by atoms with Gasteiger partial charge in [0.1, 0.15) is 0 Å². The molecule has 0 fully saturated rings. The first-order valence-electron chi connectivity index (χ1n) is 4.51. The van der Waals surface area contributed by atoms with Gasteiger partial charge in [0, 0.05) is 11.6 Å². The lowest BCUT2D eigenvalue weighted by molar-refractivity contribution is -0.390. The number of sulfonamides is 1. The second-order valence-electron chi connectivity index (χ2n) is 3.19. The van der Waals surface area contributed by atoms with Crippen molar-refractivity contribution >= 4 is 27.3 Å². The van der Waals surface area contributed by atoms with Crippen molar-refractivity contribution in [3.63, 3.8) is 0 Å². The normalized spacial score (nSPS) is 11.2. The zero-order chi connectivity index (χ0) is 13.9. The van der Waals surface area contributed by atoms with Crippen LogP contribution in [0.4, 0.5) is 10.1 Å². The highest BCUT2D eigenvalue weighted by atomic mass is 35.5. The summed E-state index contributed by atoms with van der Waals surface area (Å²) in [5.74, 6) is -1.23. The molecular weight excluding hydrogens is 287 g/mol. The Morgan fingerprint density at radius 1 is 1.56 bits per heavy atom. The van der Waals surface area contributed by atoms with E-state index in [1.807, 2.05) is 4.72 Å². The molecule has 1 rings (SSSR count). The minimum atomic E-state index is -4.23. The van der Waals surface area contributed by atoms with Crippen LogP contribution in [0.25, 0.3) is 0 Å². The smallest absolute Gasteiger partial charge is 0.258 e. The van der Waals surface area contributed by atoms with Crippen molar-refractivity contribution in [2.24, 2.45) is 0 Å². The molecular formula is C9H8ClFN2O4S. The van der Waals surface area contributed by atoms with Gasteiger partial charge in [0.25, 0.3) is 0 Å². The molecule has 0 atom stereocenters. The van der Waals surface area contributed by atoms with Gasteiger partial charge < -0.3 is 0 Å². The number of para-hydroxylation sites is 1. The van der Waals surface area contributed by atoms with Crippen LogP contribution in [0.1, 0.15) is 0 Å². The monoisotopic (exact) mass is 294 g/mol. The fourth-order valence-electron chi connectivity index (χ4n) is 1.14. The summed E-state index contributed by atoms with van der Waals surface area (Å²) in [6.07, 6.45) is 0. The molecule has 0 aliphatic heterocycles. The maximum absolute atomic E-state index is 13.3. The molecule has 1 aromatic rings. The van der Waals surface area contributed by atoms with E-state index in [0.29, 0.717) is 0 Å². The summed E-state index contributed by atoms with van der Waals surface area (Å²) < 4.78 is 38.7. The molecule has 0 radical (unpaired) electrons. The highest BCUT2D eigenvalue weighted by Crippen LogP contribution is 2.26. The Hall–Kier alpha value is -1.51. The highest BCUT2D eigenvalue weighted by molar-refractivity contribution is 7.89. The van der Waals surface area contributed by atoms with Crippen molar-refractivity contribution in [3.05, 3.63) is 45.7 Å². The predicted molar refractivity (Wildman–Crippen MR) is 63.2 cm³/mol. The molecule has 0 saturated heterocycles. The summed E-state index contributed by atoms with van der Waals surface area (Å²) in [7, 11) is -4.23. The van der Waals surface area contributed by atoms with Crippen LogP contribution in [0.2, 0.25) is 0 Å². The largest absolute Gasteiger partial charge is 0.324 e. The molecule has 0 heterocycles. The molecule has 1 aromatic carbocycles. The van der Waals surface area contributed by atoms with Gasteiger partial charge in [0.15, 0.2) is 4.90 Å². The Kier molecular flexibility index (Phi) is 4.38. The lowest BCUT2D eigenvalue weighted by atomic mass is 10.3. The average Bonchev–Trinajstić information content (AvgIpc) is 2.25. The number of nitro benzene ring substituents is 1. The van der Waals surface area contributed by atoms with Crippen LogP contribution in [0, 0.1) is 15.9 Å². The Bertz CT molecular complexity index is 603. The second kappa shape index (κ2) is 5.42. The third-order valence-electron chi connectivity index (χ3n) is 1.88. The van der Waals surface area contributed by atoms with Gasteiger partial charge in [-0.05, 0) is 12.1 Å². The average molecular weight is 295 g/mol. The Morgan fingerprint density at radius 3 is 2.67 bits per heavy atom. The van der Waals surface area contributed by atoms with Crippen molar-refractivity contribution < 1.29 is 17.7 Å². The lowest BCUT2D eigenvalue weighted by Crippen LogP contribution is -2.25. The molecule has 0 aromatic heterocycles. The third kappa shape index (κ3) is 3.25. The van der Waals surface area contributed by atoms with E-state index in [2.05, 4.69) is 6.58 Å². The summed E-state index contributed by atoms with van der Waals surface area (Å²) in [5.41, 5.74) is -1.11.